The van der Waals surface area contributed by atoms with E-state index in [1.54, 1.807) is 4.90 Å². The highest BCUT2D eigenvalue weighted by molar-refractivity contribution is 7.80. The first-order chi connectivity index (χ1) is 7.95. The molecule has 0 bridgehead atoms. The van der Waals surface area contributed by atoms with Crippen molar-refractivity contribution in [2.75, 3.05) is 13.1 Å². The maximum Gasteiger partial charge on any atom is 0.256 e. The Hall–Kier alpha value is -1.03. The van der Waals surface area contributed by atoms with Gasteiger partial charge in [-0.3, -0.25) is 4.79 Å². The third-order valence-electron chi connectivity index (χ3n) is 2.43. The van der Waals surface area contributed by atoms with Gasteiger partial charge in [0.15, 0.2) is 0 Å². The second kappa shape index (κ2) is 6.05. The maximum absolute atomic E-state index is 13.6. The number of hydrogen-bond donors (Lipinski definition) is 1. The highest BCUT2D eigenvalue weighted by Gasteiger charge is 2.18. The Balaban J connectivity index is 2.97. The number of carbonyl (C=O) groups is 1. The summed E-state index contributed by atoms with van der Waals surface area (Å²) in [7, 11) is 0. The van der Waals surface area contributed by atoms with Gasteiger partial charge in [-0.25, -0.2) is 4.39 Å². The summed E-state index contributed by atoms with van der Waals surface area (Å²) in [5, 5.41) is 0. The Labute approximate surface area is 107 Å². The fourth-order valence-corrected chi connectivity index (χ4v) is 1.85. The van der Waals surface area contributed by atoms with Gasteiger partial charge in [-0.1, -0.05) is 13.8 Å². The molecule has 1 aromatic rings. The van der Waals surface area contributed by atoms with E-state index in [1.807, 2.05) is 20.8 Å². The van der Waals surface area contributed by atoms with E-state index in [4.69, 9.17) is 0 Å². The number of rotatable bonds is 4. The summed E-state index contributed by atoms with van der Waals surface area (Å²) in [5.74, 6) is -0.397. The van der Waals surface area contributed by atoms with Gasteiger partial charge in [0.25, 0.3) is 5.91 Å². The van der Waals surface area contributed by atoms with E-state index in [0.29, 0.717) is 23.9 Å². The first-order valence-electron chi connectivity index (χ1n) is 5.73. The Morgan fingerprint density at radius 2 is 2.12 bits per heavy atom. The SMILES string of the molecule is CCN(CC(C)C)C(=O)c1cc(S)ccc1F. The Morgan fingerprint density at radius 1 is 1.47 bits per heavy atom. The zero-order valence-electron chi connectivity index (χ0n) is 10.4. The lowest BCUT2D eigenvalue weighted by atomic mass is 10.1. The minimum Gasteiger partial charge on any atom is -0.339 e. The molecule has 0 fully saturated rings. The van der Waals surface area contributed by atoms with Crippen molar-refractivity contribution in [3.63, 3.8) is 0 Å². The molecule has 2 nitrogen and oxygen atoms in total. The van der Waals surface area contributed by atoms with Crippen LogP contribution in [0.5, 0.6) is 0 Å². The molecular formula is C13H18FNOS. The molecule has 0 radical (unpaired) electrons. The van der Waals surface area contributed by atoms with Crippen molar-refractivity contribution < 1.29 is 9.18 Å². The van der Waals surface area contributed by atoms with Gasteiger partial charge in [-0.2, -0.15) is 0 Å². The van der Waals surface area contributed by atoms with Gasteiger partial charge in [-0.05, 0) is 31.0 Å². The molecule has 0 unspecified atom stereocenters. The number of hydrogen-bond acceptors (Lipinski definition) is 2. The normalized spacial score (nSPS) is 10.7. The van der Waals surface area contributed by atoms with Crippen LogP contribution in [0.3, 0.4) is 0 Å². The summed E-state index contributed by atoms with van der Waals surface area (Å²) in [6.07, 6.45) is 0. The van der Waals surface area contributed by atoms with Crippen molar-refractivity contribution >= 4 is 18.5 Å². The van der Waals surface area contributed by atoms with Crippen LogP contribution in [0.2, 0.25) is 0 Å². The number of nitrogens with zero attached hydrogens (tertiary/aromatic N) is 1. The molecule has 0 atom stereocenters. The van der Waals surface area contributed by atoms with Gasteiger partial charge in [0.2, 0.25) is 0 Å². The van der Waals surface area contributed by atoms with E-state index in [2.05, 4.69) is 12.6 Å². The van der Waals surface area contributed by atoms with Crippen LogP contribution in [0.15, 0.2) is 23.1 Å². The molecule has 0 heterocycles. The minimum absolute atomic E-state index is 0.0972. The predicted octanol–water partition coefficient (Wildman–Crippen LogP) is 3.23. The van der Waals surface area contributed by atoms with Crippen LogP contribution in [0, 0.1) is 11.7 Å². The Bertz CT molecular complexity index is 406. The molecular weight excluding hydrogens is 237 g/mol. The third-order valence-corrected chi connectivity index (χ3v) is 2.71. The van der Waals surface area contributed by atoms with Crippen molar-refractivity contribution in [2.24, 2.45) is 5.92 Å². The Morgan fingerprint density at radius 3 is 2.65 bits per heavy atom. The lowest BCUT2D eigenvalue weighted by Gasteiger charge is -2.23. The van der Waals surface area contributed by atoms with E-state index in [0.717, 1.165) is 0 Å². The predicted molar refractivity (Wildman–Crippen MR) is 70.1 cm³/mol. The number of thiol groups is 1. The number of halogens is 1. The molecule has 0 aliphatic carbocycles. The highest BCUT2D eigenvalue weighted by Crippen LogP contribution is 2.16. The second-order valence-electron chi connectivity index (χ2n) is 4.40. The maximum atomic E-state index is 13.6. The monoisotopic (exact) mass is 255 g/mol. The summed E-state index contributed by atoms with van der Waals surface area (Å²) in [6, 6.07) is 4.29. The van der Waals surface area contributed by atoms with Gasteiger partial charge in [0.1, 0.15) is 5.82 Å². The summed E-state index contributed by atoms with van der Waals surface area (Å²) in [4.78, 5) is 14.4. The molecule has 0 N–H and O–H groups in total. The summed E-state index contributed by atoms with van der Waals surface area (Å²) >= 11 is 4.13. The molecule has 0 saturated carbocycles. The first kappa shape index (κ1) is 14.0. The molecule has 0 aliphatic heterocycles. The molecule has 0 spiro atoms. The van der Waals surface area contributed by atoms with E-state index in [-0.39, 0.29) is 11.5 Å². The van der Waals surface area contributed by atoms with Crippen LogP contribution >= 0.6 is 12.6 Å². The fourth-order valence-electron chi connectivity index (χ4n) is 1.64. The Kier molecular flexibility index (Phi) is 5.00. The van der Waals surface area contributed by atoms with Gasteiger partial charge in [-0.15, -0.1) is 12.6 Å². The van der Waals surface area contributed by atoms with Gasteiger partial charge in [0, 0.05) is 18.0 Å². The van der Waals surface area contributed by atoms with Crippen LogP contribution < -0.4 is 0 Å². The van der Waals surface area contributed by atoms with Crippen LogP contribution in [0.25, 0.3) is 0 Å². The topological polar surface area (TPSA) is 20.3 Å². The summed E-state index contributed by atoms with van der Waals surface area (Å²) in [5.41, 5.74) is 0.0972. The van der Waals surface area contributed by atoms with Gasteiger partial charge < -0.3 is 4.90 Å². The van der Waals surface area contributed by atoms with E-state index >= 15 is 0 Å². The molecule has 4 heteroatoms. The largest absolute Gasteiger partial charge is 0.339 e. The van der Waals surface area contributed by atoms with E-state index < -0.39 is 5.82 Å². The highest BCUT2D eigenvalue weighted by atomic mass is 32.1. The number of amides is 1. The van der Waals surface area contributed by atoms with Crippen LogP contribution in [0.4, 0.5) is 4.39 Å². The van der Waals surface area contributed by atoms with Crippen LogP contribution in [0.1, 0.15) is 31.1 Å². The van der Waals surface area contributed by atoms with Crippen LogP contribution in [-0.2, 0) is 0 Å². The molecule has 1 aromatic carbocycles. The van der Waals surface area contributed by atoms with Crippen molar-refractivity contribution in [3.8, 4) is 0 Å². The minimum atomic E-state index is -0.491. The zero-order valence-corrected chi connectivity index (χ0v) is 11.3. The summed E-state index contributed by atoms with van der Waals surface area (Å²) < 4.78 is 13.6. The van der Waals surface area contributed by atoms with Gasteiger partial charge in [0.05, 0.1) is 5.56 Å². The molecule has 1 amide bonds. The van der Waals surface area contributed by atoms with Crippen molar-refractivity contribution in [3.05, 3.63) is 29.6 Å². The average Bonchev–Trinajstić information content (AvgIpc) is 2.28. The molecule has 0 saturated heterocycles. The average molecular weight is 255 g/mol. The van der Waals surface area contributed by atoms with Crippen molar-refractivity contribution in [1.29, 1.82) is 0 Å². The van der Waals surface area contributed by atoms with Gasteiger partial charge >= 0.3 is 0 Å². The zero-order chi connectivity index (χ0) is 13.0. The third kappa shape index (κ3) is 3.73. The fraction of sp³-hybridized carbons (Fsp3) is 0.462. The van der Waals surface area contributed by atoms with E-state index in [9.17, 15) is 9.18 Å². The molecule has 1 rings (SSSR count). The quantitative estimate of drug-likeness (QED) is 0.819. The number of carbonyl (C=O) groups excluding carboxylic acids is 1. The van der Waals surface area contributed by atoms with Crippen molar-refractivity contribution in [1.82, 2.24) is 4.90 Å². The van der Waals surface area contributed by atoms with E-state index in [1.165, 1.54) is 18.2 Å². The molecule has 94 valence electrons. The lowest BCUT2D eigenvalue weighted by Crippen LogP contribution is -2.34. The standard InChI is InChI=1S/C13H18FNOS/c1-4-15(8-9(2)3)13(16)11-7-10(17)5-6-12(11)14/h5-7,9,17H,4,8H2,1-3H3. The first-order valence-corrected chi connectivity index (χ1v) is 6.18. The summed E-state index contributed by atoms with van der Waals surface area (Å²) in [6.45, 7) is 7.16. The number of benzene rings is 1. The molecule has 17 heavy (non-hydrogen) atoms. The smallest absolute Gasteiger partial charge is 0.256 e. The molecule has 0 aliphatic rings. The molecule has 0 aromatic heterocycles. The second-order valence-corrected chi connectivity index (χ2v) is 4.92. The van der Waals surface area contributed by atoms with Crippen molar-refractivity contribution in [2.45, 2.75) is 25.7 Å². The lowest BCUT2D eigenvalue weighted by molar-refractivity contribution is 0.0741. The van der Waals surface area contributed by atoms with Crippen LogP contribution in [-0.4, -0.2) is 23.9 Å².